The summed E-state index contributed by atoms with van der Waals surface area (Å²) < 4.78 is 1.03. The molecule has 0 aliphatic carbocycles. The number of hydrogen-bond acceptors (Lipinski definition) is 3. The Morgan fingerprint density at radius 2 is 2.11 bits per heavy atom. The normalized spacial score (nSPS) is 17.3. The molecule has 0 spiro atoms. The summed E-state index contributed by atoms with van der Waals surface area (Å²) in [7, 11) is 0. The Labute approximate surface area is 167 Å². The summed E-state index contributed by atoms with van der Waals surface area (Å²) in [5.41, 5.74) is 4.31. The van der Waals surface area contributed by atoms with Gasteiger partial charge in [-0.25, -0.2) is 4.98 Å². The van der Waals surface area contributed by atoms with Crippen LogP contribution in [0, 0.1) is 12.8 Å². The number of fused-ring (bicyclic) bond motifs is 1. The van der Waals surface area contributed by atoms with Crippen molar-refractivity contribution in [1.82, 2.24) is 15.3 Å². The molecule has 0 unspecified atom stereocenters. The molecule has 1 amide bonds. The van der Waals surface area contributed by atoms with Crippen molar-refractivity contribution in [1.29, 1.82) is 0 Å². The molecule has 2 N–H and O–H groups in total. The van der Waals surface area contributed by atoms with Gasteiger partial charge in [-0.05, 0) is 43.5 Å². The van der Waals surface area contributed by atoms with E-state index in [1.807, 2.05) is 18.2 Å². The Hall–Kier alpha value is -2.34. The lowest BCUT2D eigenvalue weighted by Crippen LogP contribution is -2.43. The van der Waals surface area contributed by atoms with Crippen molar-refractivity contribution in [2.75, 3.05) is 18.0 Å². The first kappa shape index (κ1) is 18.0. The number of piperidine rings is 1. The van der Waals surface area contributed by atoms with E-state index >= 15 is 0 Å². The maximum atomic E-state index is 12.7. The molecule has 0 bridgehead atoms. The van der Waals surface area contributed by atoms with E-state index < -0.39 is 0 Å². The molecule has 27 heavy (non-hydrogen) atoms. The molecule has 1 atom stereocenters. The number of amides is 1. The van der Waals surface area contributed by atoms with Crippen LogP contribution in [0.2, 0.25) is 0 Å². The monoisotopic (exact) mass is 426 g/mol. The maximum Gasteiger partial charge on any atom is 0.225 e. The first-order chi connectivity index (χ1) is 13.1. The van der Waals surface area contributed by atoms with Crippen molar-refractivity contribution in [3.05, 3.63) is 58.1 Å². The van der Waals surface area contributed by atoms with Gasteiger partial charge in [0.2, 0.25) is 11.9 Å². The van der Waals surface area contributed by atoms with Crippen LogP contribution in [0.1, 0.15) is 24.0 Å². The lowest BCUT2D eigenvalue weighted by Gasteiger charge is -2.31. The van der Waals surface area contributed by atoms with Gasteiger partial charge in [-0.3, -0.25) is 4.79 Å². The van der Waals surface area contributed by atoms with Crippen molar-refractivity contribution in [2.45, 2.75) is 26.3 Å². The molecule has 1 aromatic heterocycles. The number of carbonyl (C=O) groups excluding carboxylic acids is 1. The second-order valence-electron chi connectivity index (χ2n) is 7.21. The van der Waals surface area contributed by atoms with E-state index in [9.17, 15) is 4.79 Å². The van der Waals surface area contributed by atoms with Crippen molar-refractivity contribution in [3.8, 4) is 0 Å². The summed E-state index contributed by atoms with van der Waals surface area (Å²) in [5, 5.41) is 3.09. The van der Waals surface area contributed by atoms with Gasteiger partial charge < -0.3 is 15.2 Å². The quantitative estimate of drug-likeness (QED) is 0.657. The van der Waals surface area contributed by atoms with Gasteiger partial charge in [-0.1, -0.05) is 45.8 Å². The molecule has 0 saturated carbocycles. The van der Waals surface area contributed by atoms with Crippen molar-refractivity contribution in [2.24, 2.45) is 5.92 Å². The van der Waals surface area contributed by atoms with Crippen LogP contribution in [0.15, 0.2) is 46.9 Å². The van der Waals surface area contributed by atoms with Gasteiger partial charge >= 0.3 is 0 Å². The molecule has 2 aromatic carbocycles. The van der Waals surface area contributed by atoms with E-state index in [-0.39, 0.29) is 11.8 Å². The first-order valence-electron chi connectivity index (χ1n) is 9.32. The number of H-pyrrole nitrogens is 1. The SMILES string of the molecule is Cc1ccc(CNC(=O)[C@@H]2CCCN(c3nc4ccc(Br)cc4[nH]3)C2)cc1. The minimum absolute atomic E-state index is 0.0100. The molecule has 5 nitrogen and oxygen atoms in total. The second kappa shape index (κ2) is 7.72. The molecule has 0 radical (unpaired) electrons. The molecule has 1 aliphatic rings. The van der Waals surface area contributed by atoms with Gasteiger partial charge in [0.25, 0.3) is 0 Å². The minimum Gasteiger partial charge on any atom is -0.352 e. The zero-order valence-corrected chi connectivity index (χ0v) is 16.9. The smallest absolute Gasteiger partial charge is 0.225 e. The Kier molecular flexibility index (Phi) is 5.16. The predicted octanol–water partition coefficient (Wildman–Crippen LogP) is 4.17. The maximum absolute atomic E-state index is 12.7. The Morgan fingerprint density at radius 1 is 1.30 bits per heavy atom. The second-order valence-corrected chi connectivity index (χ2v) is 8.13. The highest BCUT2D eigenvalue weighted by molar-refractivity contribution is 9.10. The van der Waals surface area contributed by atoms with Crippen LogP contribution in [0.4, 0.5) is 5.95 Å². The third-order valence-corrected chi connectivity index (χ3v) is 5.60. The summed E-state index contributed by atoms with van der Waals surface area (Å²) in [5.74, 6) is 0.961. The van der Waals surface area contributed by atoms with E-state index in [1.54, 1.807) is 0 Å². The first-order valence-corrected chi connectivity index (χ1v) is 10.1. The molecule has 140 valence electrons. The molecule has 1 aliphatic heterocycles. The molecule has 3 aromatic rings. The molecular weight excluding hydrogens is 404 g/mol. The van der Waals surface area contributed by atoms with Crippen molar-refractivity contribution in [3.63, 3.8) is 0 Å². The molecule has 6 heteroatoms. The molecule has 1 saturated heterocycles. The highest BCUT2D eigenvalue weighted by Crippen LogP contribution is 2.25. The van der Waals surface area contributed by atoms with E-state index in [2.05, 4.69) is 62.3 Å². The zero-order valence-electron chi connectivity index (χ0n) is 15.3. The van der Waals surface area contributed by atoms with Crippen molar-refractivity contribution < 1.29 is 4.79 Å². The number of halogens is 1. The van der Waals surface area contributed by atoms with Crippen LogP contribution < -0.4 is 10.2 Å². The summed E-state index contributed by atoms with van der Waals surface area (Å²) in [6.45, 7) is 4.26. The van der Waals surface area contributed by atoms with Crippen molar-refractivity contribution >= 4 is 38.8 Å². The number of benzene rings is 2. The van der Waals surface area contributed by atoms with E-state index in [0.29, 0.717) is 13.1 Å². The van der Waals surface area contributed by atoms with Crippen LogP contribution in [-0.2, 0) is 11.3 Å². The summed E-state index contributed by atoms with van der Waals surface area (Å²) >= 11 is 3.49. The van der Waals surface area contributed by atoms with Crippen LogP contribution in [0.5, 0.6) is 0 Å². The number of nitrogens with zero attached hydrogens (tertiary/aromatic N) is 2. The standard InChI is InChI=1S/C21H23BrN4O/c1-14-4-6-15(7-5-14)12-23-20(27)16-3-2-10-26(13-16)21-24-18-9-8-17(22)11-19(18)25-21/h4-9,11,16H,2-3,10,12-13H2,1H3,(H,23,27)(H,24,25)/t16-/m1/s1. The summed E-state index contributed by atoms with van der Waals surface area (Å²) in [6, 6.07) is 14.3. The van der Waals surface area contributed by atoms with E-state index in [4.69, 9.17) is 4.98 Å². The van der Waals surface area contributed by atoms with Crippen LogP contribution in [0.3, 0.4) is 0 Å². The fourth-order valence-corrected chi connectivity index (χ4v) is 3.90. The van der Waals surface area contributed by atoms with E-state index in [1.165, 1.54) is 5.56 Å². The highest BCUT2D eigenvalue weighted by atomic mass is 79.9. The zero-order chi connectivity index (χ0) is 18.8. The minimum atomic E-state index is -0.0100. The number of nitrogens with one attached hydrogen (secondary N) is 2. The highest BCUT2D eigenvalue weighted by Gasteiger charge is 2.27. The van der Waals surface area contributed by atoms with Crippen LogP contribution in [0.25, 0.3) is 11.0 Å². The molecule has 4 rings (SSSR count). The van der Waals surface area contributed by atoms with Gasteiger partial charge in [-0.15, -0.1) is 0 Å². The lowest BCUT2D eigenvalue weighted by atomic mass is 9.97. The summed E-state index contributed by atoms with van der Waals surface area (Å²) in [6.07, 6.45) is 1.91. The third-order valence-electron chi connectivity index (χ3n) is 5.11. The number of aromatic amines is 1. The number of anilines is 1. The van der Waals surface area contributed by atoms with Gasteiger partial charge in [0.15, 0.2) is 0 Å². The Bertz CT molecular complexity index is 950. The number of imidazole rings is 1. The molecular formula is C21H23BrN4O. The Balaban J connectivity index is 1.40. The number of hydrogen-bond donors (Lipinski definition) is 2. The van der Waals surface area contributed by atoms with Gasteiger partial charge in [-0.2, -0.15) is 0 Å². The summed E-state index contributed by atoms with van der Waals surface area (Å²) in [4.78, 5) is 22.9. The lowest BCUT2D eigenvalue weighted by molar-refractivity contribution is -0.125. The average Bonchev–Trinajstić information content (AvgIpc) is 3.10. The van der Waals surface area contributed by atoms with Gasteiger partial charge in [0.05, 0.1) is 17.0 Å². The Morgan fingerprint density at radius 3 is 2.93 bits per heavy atom. The van der Waals surface area contributed by atoms with E-state index in [0.717, 1.165) is 46.4 Å². The topological polar surface area (TPSA) is 61.0 Å². The third kappa shape index (κ3) is 4.16. The number of rotatable bonds is 4. The molecule has 1 fully saturated rings. The van der Waals surface area contributed by atoms with Crippen LogP contribution >= 0.6 is 15.9 Å². The molecule has 2 heterocycles. The predicted molar refractivity (Wildman–Crippen MR) is 112 cm³/mol. The fourth-order valence-electron chi connectivity index (χ4n) is 3.54. The average molecular weight is 427 g/mol. The van der Waals surface area contributed by atoms with Gasteiger partial charge in [0, 0.05) is 24.1 Å². The van der Waals surface area contributed by atoms with Gasteiger partial charge in [0.1, 0.15) is 0 Å². The number of aromatic nitrogens is 2. The number of carbonyl (C=O) groups is 1. The fraction of sp³-hybridized carbons (Fsp3) is 0.333. The van der Waals surface area contributed by atoms with Crippen LogP contribution in [-0.4, -0.2) is 29.0 Å². The number of aryl methyl sites for hydroxylation is 1. The largest absolute Gasteiger partial charge is 0.352 e.